The summed E-state index contributed by atoms with van der Waals surface area (Å²) in [4.78, 5) is 22.7. The highest BCUT2D eigenvalue weighted by atomic mass is 32.2. The van der Waals surface area contributed by atoms with Crippen LogP contribution in [-0.4, -0.2) is 32.3 Å². The molecule has 120 valence electrons. The summed E-state index contributed by atoms with van der Waals surface area (Å²) in [5.41, 5.74) is 5.21. The number of anilines is 1. The van der Waals surface area contributed by atoms with Crippen LogP contribution in [0.5, 0.6) is 0 Å². The fraction of sp³-hybridized carbons (Fsp3) is 0.417. The van der Waals surface area contributed by atoms with E-state index in [1.54, 1.807) is 4.90 Å². The molecule has 0 aromatic heterocycles. The summed E-state index contributed by atoms with van der Waals surface area (Å²) in [6.45, 7) is 0.849. The molecule has 0 atom stereocenters. The third kappa shape index (κ3) is 3.34. The summed E-state index contributed by atoms with van der Waals surface area (Å²) in [6, 6.07) is 3.54. The Balaban J connectivity index is 2.36. The number of nitro groups is 1. The average molecular weight is 328 g/mol. The number of piperidine rings is 1. The van der Waals surface area contributed by atoms with E-state index in [1.807, 2.05) is 0 Å². The molecule has 9 nitrogen and oxygen atoms in total. The number of nitro benzene ring substituents is 1. The zero-order chi connectivity index (χ0) is 16.5. The predicted octanol–water partition coefficient (Wildman–Crippen LogP) is -0.0561. The van der Waals surface area contributed by atoms with Gasteiger partial charge < -0.3 is 10.6 Å². The van der Waals surface area contributed by atoms with E-state index in [4.69, 9.17) is 10.9 Å². The van der Waals surface area contributed by atoms with Crippen molar-refractivity contribution in [3.8, 4) is 0 Å². The van der Waals surface area contributed by atoms with E-state index in [0.29, 0.717) is 31.6 Å². The summed E-state index contributed by atoms with van der Waals surface area (Å²) >= 11 is 0. The molecule has 0 radical (unpaired) electrons. The molecular formula is C12H16N4O5S. The number of hydrogen-bond donors (Lipinski definition) is 2. The van der Waals surface area contributed by atoms with E-state index < -0.39 is 14.9 Å². The Bertz CT molecular complexity index is 710. The van der Waals surface area contributed by atoms with Crippen LogP contribution in [0, 0.1) is 16.0 Å². The van der Waals surface area contributed by atoms with Crippen molar-refractivity contribution in [3.05, 3.63) is 28.3 Å². The van der Waals surface area contributed by atoms with E-state index in [9.17, 15) is 23.3 Å². The smallest absolute Gasteiger partial charge is 0.270 e. The monoisotopic (exact) mass is 328 g/mol. The van der Waals surface area contributed by atoms with Crippen molar-refractivity contribution in [1.82, 2.24) is 0 Å². The lowest BCUT2D eigenvalue weighted by molar-refractivity contribution is -0.385. The SMILES string of the molecule is NC(=O)C1CCN(c2ccc([N+](=O)[O-])cc2S(N)(=O)=O)CC1. The van der Waals surface area contributed by atoms with Crippen LogP contribution in [0.15, 0.2) is 23.1 Å². The molecule has 2 rings (SSSR count). The molecule has 0 aliphatic carbocycles. The van der Waals surface area contributed by atoms with Crippen LogP contribution < -0.4 is 15.8 Å². The number of nitrogens with two attached hydrogens (primary N) is 2. The molecule has 1 aromatic carbocycles. The quantitative estimate of drug-likeness (QED) is 0.584. The molecular weight excluding hydrogens is 312 g/mol. The number of hydrogen-bond acceptors (Lipinski definition) is 6. The Morgan fingerprint density at radius 1 is 1.32 bits per heavy atom. The number of sulfonamides is 1. The number of amides is 1. The first-order valence-corrected chi connectivity index (χ1v) is 8.10. The van der Waals surface area contributed by atoms with Crippen LogP contribution in [0.1, 0.15) is 12.8 Å². The topological polar surface area (TPSA) is 150 Å². The van der Waals surface area contributed by atoms with Gasteiger partial charge in [0.25, 0.3) is 5.69 Å². The van der Waals surface area contributed by atoms with Crippen molar-refractivity contribution in [1.29, 1.82) is 0 Å². The molecule has 0 saturated carbocycles. The van der Waals surface area contributed by atoms with Crippen molar-refractivity contribution in [2.75, 3.05) is 18.0 Å². The standard InChI is InChI=1S/C12H16N4O5S/c13-12(17)8-3-5-15(6-4-8)10-2-1-9(16(18)19)7-11(10)22(14,20)21/h1-2,7-8H,3-6H2,(H2,13,17)(H2,14,20,21). The van der Waals surface area contributed by atoms with Gasteiger partial charge in [-0.05, 0) is 18.9 Å². The number of carbonyl (C=O) groups is 1. The zero-order valence-corrected chi connectivity index (χ0v) is 12.5. The average Bonchev–Trinajstić information content (AvgIpc) is 2.45. The third-order valence-corrected chi connectivity index (χ3v) is 4.64. The second kappa shape index (κ2) is 5.89. The first-order valence-electron chi connectivity index (χ1n) is 6.55. The van der Waals surface area contributed by atoms with Crippen LogP contribution in [-0.2, 0) is 14.8 Å². The summed E-state index contributed by atoms with van der Waals surface area (Å²) in [5.74, 6) is -0.623. The maximum absolute atomic E-state index is 11.7. The molecule has 10 heteroatoms. The fourth-order valence-electron chi connectivity index (χ4n) is 2.51. The van der Waals surface area contributed by atoms with E-state index in [1.165, 1.54) is 12.1 Å². The highest BCUT2D eigenvalue weighted by molar-refractivity contribution is 7.89. The van der Waals surface area contributed by atoms with Crippen molar-refractivity contribution in [3.63, 3.8) is 0 Å². The molecule has 4 N–H and O–H groups in total. The van der Waals surface area contributed by atoms with Crippen molar-refractivity contribution in [2.24, 2.45) is 16.8 Å². The summed E-state index contributed by atoms with van der Waals surface area (Å²) in [6.07, 6.45) is 0.993. The van der Waals surface area contributed by atoms with Gasteiger partial charge in [-0.1, -0.05) is 0 Å². The van der Waals surface area contributed by atoms with Gasteiger partial charge in [0, 0.05) is 31.1 Å². The molecule has 22 heavy (non-hydrogen) atoms. The Morgan fingerprint density at radius 3 is 2.36 bits per heavy atom. The number of benzene rings is 1. The van der Waals surface area contributed by atoms with Crippen molar-refractivity contribution in [2.45, 2.75) is 17.7 Å². The normalized spacial score (nSPS) is 16.5. The molecule has 0 bridgehead atoms. The maximum atomic E-state index is 11.7. The largest absolute Gasteiger partial charge is 0.370 e. The highest BCUT2D eigenvalue weighted by Gasteiger charge is 2.27. The summed E-state index contributed by atoms with van der Waals surface area (Å²) < 4.78 is 23.4. The van der Waals surface area contributed by atoms with Gasteiger partial charge in [-0.15, -0.1) is 0 Å². The molecule has 1 aliphatic heterocycles. The molecule has 1 amide bonds. The number of primary sulfonamides is 1. The van der Waals surface area contributed by atoms with Crippen molar-refractivity contribution >= 4 is 27.3 Å². The van der Waals surface area contributed by atoms with Gasteiger partial charge in [0.15, 0.2) is 0 Å². The van der Waals surface area contributed by atoms with E-state index in [-0.39, 0.29) is 22.4 Å². The molecule has 1 heterocycles. The first-order chi connectivity index (χ1) is 10.2. The predicted molar refractivity (Wildman–Crippen MR) is 78.6 cm³/mol. The fourth-order valence-corrected chi connectivity index (χ4v) is 3.28. The van der Waals surface area contributed by atoms with Gasteiger partial charge in [0.2, 0.25) is 15.9 Å². The number of non-ortho nitro benzene ring substituents is 1. The lowest BCUT2D eigenvalue weighted by Crippen LogP contribution is -2.39. The van der Waals surface area contributed by atoms with Crippen LogP contribution in [0.25, 0.3) is 0 Å². The molecule has 1 saturated heterocycles. The van der Waals surface area contributed by atoms with Crippen LogP contribution in [0.3, 0.4) is 0 Å². The third-order valence-electron chi connectivity index (χ3n) is 3.70. The van der Waals surface area contributed by atoms with Gasteiger partial charge in [-0.3, -0.25) is 14.9 Å². The number of nitrogens with zero attached hydrogens (tertiary/aromatic N) is 2. The van der Waals surface area contributed by atoms with Crippen LogP contribution in [0.4, 0.5) is 11.4 Å². The summed E-state index contributed by atoms with van der Waals surface area (Å²) in [7, 11) is -4.11. The van der Waals surface area contributed by atoms with Gasteiger partial charge in [0.1, 0.15) is 4.90 Å². The second-order valence-electron chi connectivity index (χ2n) is 5.12. The lowest BCUT2D eigenvalue weighted by atomic mass is 9.96. The number of primary amides is 1. The highest BCUT2D eigenvalue weighted by Crippen LogP contribution is 2.31. The van der Waals surface area contributed by atoms with Gasteiger partial charge in [-0.25, -0.2) is 13.6 Å². The van der Waals surface area contributed by atoms with Gasteiger partial charge in [-0.2, -0.15) is 0 Å². The Hall–Kier alpha value is -2.20. The van der Waals surface area contributed by atoms with E-state index >= 15 is 0 Å². The van der Waals surface area contributed by atoms with Crippen LogP contribution >= 0.6 is 0 Å². The van der Waals surface area contributed by atoms with Gasteiger partial charge >= 0.3 is 0 Å². The zero-order valence-electron chi connectivity index (χ0n) is 11.6. The molecule has 0 unspecified atom stereocenters. The molecule has 0 spiro atoms. The van der Waals surface area contributed by atoms with Crippen LogP contribution in [0.2, 0.25) is 0 Å². The lowest BCUT2D eigenvalue weighted by Gasteiger charge is -2.33. The molecule has 1 aromatic rings. The Labute approximate surface area is 127 Å². The first kappa shape index (κ1) is 16.2. The minimum absolute atomic E-state index is 0.243. The van der Waals surface area contributed by atoms with Crippen molar-refractivity contribution < 1.29 is 18.1 Å². The molecule has 1 aliphatic rings. The number of rotatable bonds is 4. The number of carbonyl (C=O) groups excluding carboxylic acids is 1. The molecule has 1 fully saturated rings. The minimum Gasteiger partial charge on any atom is -0.370 e. The minimum atomic E-state index is -4.11. The second-order valence-corrected chi connectivity index (χ2v) is 6.65. The van der Waals surface area contributed by atoms with E-state index in [0.717, 1.165) is 6.07 Å². The van der Waals surface area contributed by atoms with E-state index in [2.05, 4.69) is 0 Å². The Kier molecular flexibility index (Phi) is 4.33. The Morgan fingerprint density at radius 2 is 1.91 bits per heavy atom. The maximum Gasteiger partial charge on any atom is 0.270 e. The summed E-state index contributed by atoms with van der Waals surface area (Å²) in [5, 5.41) is 15.9. The van der Waals surface area contributed by atoms with Gasteiger partial charge in [0.05, 0.1) is 10.6 Å².